The van der Waals surface area contributed by atoms with E-state index < -0.39 is 0 Å². The van der Waals surface area contributed by atoms with Gasteiger partial charge in [-0.25, -0.2) is 0 Å². The molecule has 0 atom stereocenters. The van der Waals surface area contributed by atoms with E-state index in [-0.39, 0.29) is 5.78 Å². The Labute approximate surface area is 117 Å². The molecule has 0 amide bonds. The van der Waals surface area contributed by atoms with Crippen LogP contribution in [0.4, 0.5) is 5.69 Å². The van der Waals surface area contributed by atoms with Crippen molar-refractivity contribution in [1.82, 2.24) is 0 Å². The lowest BCUT2D eigenvalue weighted by Gasteiger charge is -2.06. The Kier molecular flexibility index (Phi) is 4.07. The highest BCUT2D eigenvalue weighted by molar-refractivity contribution is 6.31. The highest BCUT2D eigenvalue weighted by Gasteiger charge is 2.11. The van der Waals surface area contributed by atoms with Crippen molar-refractivity contribution >= 4 is 23.1 Å². The SMILES string of the molecule is CCOc1cccc(C(=O)c2cc(N)cc(Cl)c2)c1. The molecule has 0 radical (unpaired) electrons. The summed E-state index contributed by atoms with van der Waals surface area (Å²) in [6.45, 7) is 2.45. The van der Waals surface area contributed by atoms with Crippen LogP contribution in [-0.4, -0.2) is 12.4 Å². The molecule has 0 aliphatic carbocycles. The molecule has 98 valence electrons. The molecule has 19 heavy (non-hydrogen) atoms. The minimum atomic E-state index is -0.129. The van der Waals surface area contributed by atoms with Gasteiger partial charge in [-0.2, -0.15) is 0 Å². The molecule has 0 aromatic heterocycles. The van der Waals surface area contributed by atoms with E-state index in [0.29, 0.717) is 34.2 Å². The molecule has 3 nitrogen and oxygen atoms in total. The molecule has 0 fully saturated rings. The number of nitrogen functional groups attached to an aromatic ring is 1. The van der Waals surface area contributed by atoms with Gasteiger partial charge in [-0.3, -0.25) is 4.79 Å². The molecule has 0 unspecified atom stereocenters. The van der Waals surface area contributed by atoms with Crippen LogP contribution in [0.2, 0.25) is 5.02 Å². The van der Waals surface area contributed by atoms with Crippen LogP contribution in [0.5, 0.6) is 5.75 Å². The molecule has 0 bridgehead atoms. The number of anilines is 1. The van der Waals surface area contributed by atoms with E-state index in [1.807, 2.05) is 13.0 Å². The molecule has 0 heterocycles. The van der Waals surface area contributed by atoms with Gasteiger partial charge < -0.3 is 10.5 Å². The molecule has 2 N–H and O–H groups in total. The molecular weight excluding hydrogens is 262 g/mol. The maximum absolute atomic E-state index is 12.3. The van der Waals surface area contributed by atoms with Crippen molar-refractivity contribution in [2.45, 2.75) is 6.92 Å². The third-order valence-electron chi connectivity index (χ3n) is 2.59. The standard InChI is InChI=1S/C15H14ClNO2/c1-2-19-14-5-3-4-10(8-14)15(18)11-6-12(16)9-13(17)7-11/h3-9H,2,17H2,1H3. The topological polar surface area (TPSA) is 52.3 Å². The molecule has 0 aliphatic heterocycles. The van der Waals surface area contributed by atoms with Crippen molar-refractivity contribution in [2.75, 3.05) is 12.3 Å². The Morgan fingerprint density at radius 3 is 2.68 bits per heavy atom. The predicted molar refractivity (Wildman–Crippen MR) is 76.9 cm³/mol. The van der Waals surface area contributed by atoms with Crippen molar-refractivity contribution in [3.63, 3.8) is 0 Å². The molecule has 4 heteroatoms. The number of ketones is 1. The highest BCUT2D eigenvalue weighted by Crippen LogP contribution is 2.21. The lowest BCUT2D eigenvalue weighted by molar-refractivity contribution is 0.103. The number of nitrogens with two attached hydrogens (primary N) is 1. The van der Waals surface area contributed by atoms with Crippen molar-refractivity contribution in [1.29, 1.82) is 0 Å². The molecule has 0 spiro atoms. The lowest BCUT2D eigenvalue weighted by atomic mass is 10.0. The molecule has 0 saturated carbocycles. The van der Waals surface area contributed by atoms with Crippen LogP contribution < -0.4 is 10.5 Å². The van der Waals surface area contributed by atoms with E-state index in [2.05, 4.69) is 0 Å². The molecular formula is C15H14ClNO2. The van der Waals surface area contributed by atoms with E-state index in [9.17, 15) is 4.79 Å². The fourth-order valence-corrected chi connectivity index (χ4v) is 2.05. The van der Waals surface area contributed by atoms with Crippen LogP contribution in [0.25, 0.3) is 0 Å². The second kappa shape index (κ2) is 5.76. The quantitative estimate of drug-likeness (QED) is 0.686. The lowest BCUT2D eigenvalue weighted by Crippen LogP contribution is -2.03. The Balaban J connectivity index is 2.35. The summed E-state index contributed by atoms with van der Waals surface area (Å²) >= 11 is 5.91. The largest absolute Gasteiger partial charge is 0.494 e. The fraction of sp³-hybridized carbons (Fsp3) is 0.133. The number of hydrogen-bond donors (Lipinski definition) is 1. The first kappa shape index (κ1) is 13.4. The van der Waals surface area contributed by atoms with Gasteiger partial charge in [0.15, 0.2) is 5.78 Å². The van der Waals surface area contributed by atoms with E-state index >= 15 is 0 Å². The Morgan fingerprint density at radius 2 is 2.00 bits per heavy atom. The number of carbonyl (C=O) groups is 1. The van der Waals surface area contributed by atoms with Gasteiger partial charge in [0.05, 0.1) is 6.61 Å². The first-order valence-corrected chi connectivity index (χ1v) is 6.31. The number of ether oxygens (including phenoxy) is 1. The molecule has 2 rings (SSSR count). The third kappa shape index (κ3) is 3.26. The van der Waals surface area contributed by atoms with Crippen LogP contribution in [-0.2, 0) is 0 Å². The van der Waals surface area contributed by atoms with Crippen LogP contribution in [0.1, 0.15) is 22.8 Å². The van der Waals surface area contributed by atoms with E-state index in [0.717, 1.165) is 0 Å². The maximum Gasteiger partial charge on any atom is 0.193 e. The summed E-state index contributed by atoms with van der Waals surface area (Å²) in [4.78, 5) is 12.3. The molecule has 2 aromatic rings. The molecule has 0 aliphatic rings. The van der Waals surface area contributed by atoms with Gasteiger partial charge >= 0.3 is 0 Å². The van der Waals surface area contributed by atoms with Gasteiger partial charge in [0.25, 0.3) is 0 Å². The van der Waals surface area contributed by atoms with Crippen molar-refractivity contribution in [2.24, 2.45) is 0 Å². The smallest absolute Gasteiger partial charge is 0.193 e. The Hall–Kier alpha value is -2.00. The zero-order chi connectivity index (χ0) is 13.8. The number of benzene rings is 2. The van der Waals surface area contributed by atoms with Crippen molar-refractivity contribution in [3.05, 3.63) is 58.6 Å². The van der Waals surface area contributed by atoms with Crippen LogP contribution >= 0.6 is 11.6 Å². The van der Waals surface area contributed by atoms with Gasteiger partial charge in [0.2, 0.25) is 0 Å². The van der Waals surface area contributed by atoms with Gasteiger partial charge in [0.1, 0.15) is 5.75 Å². The second-order valence-electron chi connectivity index (χ2n) is 4.06. The average molecular weight is 276 g/mol. The van der Waals surface area contributed by atoms with Gasteiger partial charge in [-0.05, 0) is 37.3 Å². The summed E-state index contributed by atoms with van der Waals surface area (Å²) < 4.78 is 5.38. The summed E-state index contributed by atoms with van der Waals surface area (Å²) in [5, 5.41) is 0.448. The third-order valence-corrected chi connectivity index (χ3v) is 2.81. The zero-order valence-corrected chi connectivity index (χ0v) is 11.3. The summed E-state index contributed by atoms with van der Waals surface area (Å²) in [5.74, 6) is 0.541. The zero-order valence-electron chi connectivity index (χ0n) is 10.5. The van der Waals surface area contributed by atoms with Gasteiger partial charge in [-0.15, -0.1) is 0 Å². The summed E-state index contributed by atoms with van der Waals surface area (Å²) in [7, 11) is 0. The van der Waals surface area contributed by atoms with Crippen LogP contribution in [0, 0.1) is 0 Å². The number of halogens is 1. The maximum atomic E-state index is 12.3. The van der Waals surface area contributed by atoms with Gasteiger partial charge in [0, 0.05) is 21.8 Å². The highest BCUT2D eigenvalue weighted by atomic mass is 35.5. The Bertz CT molecular complexity index is 591. The predicted octanol–water partition coefficient (Wildman–Crippen LogP) is 3.55. The molecule has 0 saturated heterocycles. The summed E-state index contributed by atoms with van der Waals surface area (Å²) in [6, 6.07) is 11.9. The monoisotopic (exact) mass is 275 g/mol. The normalized spacial score (nSPS) is 10.2. The van der Waals surface area contributed by atoms with Gasteiger partial charge in [-0.1, -0.05) is 23.7 Å². The first-order chi connectivity index (χ1) is 9.10. The second-order valence-corrected chi connectivity index (χ2v) is 4.50. The van der Waals surface area contributed by atoms with Crippen LogP contribution in [0.15, 0.2) is 42.5 Å². The summed E-state index contributed by atoms with van der Waals surface area (Å²) in [6.07, 6.45) is 0. The molecule has 2 aromatic carbocycles. The number of hydrogen-bond acceptors (Lipinski definition) is 3. The van der Waals surface area contributed by atoms with E-state index in [1.54, 1.807) is 36.4 Å². The minimum absolute atomic E-state index is 0.129. The summed E-state index contributed by atoms with van der Waals surface area (Å²) in [5.41, 5.74) is 7.18. The van der Waals surface area contributed by atoms with Crippen LogP contribution in [0.3, 0.4) is 0 Å². The van der Waals surface area contributed by atoms with Crippen molar-refractivity contribution < 1.29 is 9.53 Å². The fourth-order valence-electron chi connectivity index (χ4n) is 1.80. The first-order valence-electron chi connectivity index (χ1n) is 5.94. The number of rotatable bonds is 4. The van der Waals surface area contributed by atoms with Crippen molar-refractivity contribution in [3.8, 4) is 5.75 Å². The Morgan fingerprint density at radius 1 is 1.21 bits per heavy atom. The van der Waals surface area contributed by atoms with E-state index in [4.69, 9.17) is 22.1 Å². The minimum Gasteiger partial charge on any atom is -0.494 e. The average Bonchev–Trinajstić information content (AvgIpc) is 2.37. The van der Waals surface area contributed by atoms with E-state index in [1.165, 1.54) is 0 Å². The number of carbonyl (C=O) groups excluding carboxylic acids is 1.